The molecule has 2 saturated heterocycles. The maximum Gasteiger partial charge on any atom is 0.226 e. The second kappa shape index (κ2) is 7.81. The zero-order valence-electron chi connectivity index (χ0n) is 12.5. The first kappa shape index (κ1) is 16.3. The molecular formula is C17H25ClN2O. The van der Waals surface area contributed by atoms with Gasteiger partial charge in [0.1, 0.15) is 0 Å². The quantitative estimate of drug-likeness (QED) is 0.930. The van der Waals surface area contributed by atoms with Crippen LogP contribution < -0.4 is 5.32 Å². The van der Waals surface area contributed by atoms with Crippen LogP contribution in [0.5, 0.6) is 0 Å². The molecule has 3 nitrogen and oxygen atoms in total. The molecule has 1 aromatic rings. The average Bonchev–Trinajstić information content (AvgIpc) is 2.97. The Morgan fingerprint density at radius 1 is 1.24 bits per heavy atom. The van der Waals surface area contributed by atoms with Crippen molar-refractivity contribution in [2.75, 3.05) is 26.2 Å². The number of piperidine rings is 1. The molecule has 0 spiro atoms. The molecule has 2 atom stereocenters. The number of halogens is 1. The molecule has 4 heteroatoms. The third-order valence-corrected chi connectivity index (χ3v) is 4.61. The topological polar surface area (TPSA) is 32.3 Å². The van der Waals surface area contributed by atoms with Gasteiger partial charge in [-0.25, -0.2) is 0 Å². The van der Waals surface area contributed by atoms with Crippen LogP contribution in [0.4, 0.5) is 0 Å². The monoisotopic (exact) mass is 308 g/mol. The van der Waals surface area contributed by atoms with Crippen molar-refractivity contribution in [1.29, 1.82) is 0 Å². The minimum absolute atomic E-state index is 0. The molecule has 1 amide bonds. The minimum atomic E-state index is 0. The van der Waals surface area contributed by atoms with E-state index in [1.165, 1.54) is 5.56 Å². The zero-order valence-corrected chi connectivity index (χ0v) is 13.3. The van der Waals surface area contributed by atoms with Gasteiger partial charge in [-0.2, -0.15) is 0 Å². The van der Waals surface area contributed by atoms with Crippen LogP contribution in [0.1, 0.15) is 24.8 Å². The molecule has 0 radical (unpaired) electrons. The summed E-state index contributed by atoms with van der Waals surface area (Å²) >= 11 is 0. The zero-order chi connectivity index (χ0) is 13.8. The Labute approximate surface area is 133 Å². The Kier molecular flexibility index (Phi) is 6.07. The first-order chi connectivity index (χ1) is 9.83. The van der Waals surface area contributed by atoms with E-state index < -0.39 is 0 Å². The molecular weight excluding hydrogens is 284 g/mol. The summed E-state index contributed by atoms with van der Waals surface area (Å²) in [6.45, 7) is 3.84. The smallest absolute Gasteiger partial charge is 0.226 e. The molecule has 2 unspecified atom stereocenters. The Morgan fingerprint density at radius 2 is 2.05 bits per heavy atom. The van der Waals surface area contributed by atoms with Crippen LogP contribution in [0.25, 0.3) is 0 Å². The molecule has 21 heavy (non-hydrogen) atoms. The Hall–Kier alpha value is -1.06. The largest absolute Gasteiger partial charge is 0.342 e. The maximum atomic E-state index is 12.5. The number of likely N-dealkylation sites (tertiary alicyclic amines) is 1. The highest BCUT2D eigenvalue weighted by atomic mass is 35.5. The summed E-state index contributed by atoms with van der Waals surface area (Å²) in [5.74, 6) is 1.24. The van der Waals surface area contributed by atoms with Crippen LogP contribution in [0.2, 0.25) is 0 Å². The Balaban J connectivity index is 0.00000161. The van der Waals surface area contributed by atoms with Crippen molar-refractivity contribution in [1.82, 2.24) is 10.2 Å². The van der Waals surface area contributed by atoms with E-state index in [4.69, 9.17) is 0 Å². The molecule has 0 bridgehead atoms. The van der Waals surface area contributed by atoms with Gasteiger partial charge in [-0.05, 0) is 43.7 Å². The summed E-state index contributed by atoms with van der Waals surface area (Å²) in [6, 6.07) is 10.6. The molecule has 1 aromatic carbocycles. The van der Waals surface area contributed by atoms with Crippen LogP contribution in [-0.4, -0.2) is 37.0 Å². The van der Waals surface area contributed by atoms with Gasteiger partial charge in [-0.15, -0.1) is 12.4 Å². The van der Waals surface area contributed by atoms with Gasteiger partial charge in [0, 0.05) is 19.6 Å². The first-order valence-corrected chi connectivity index (χ1v) is 7.86. The fourth-order valence-corrected chi connectivity index (χ4v) is 3.47. The molecule has 3 rings (SSSR count). The predicted molar refractivity (Wildman–Crippen MR) is 87.7 cm³/mol. The van der Waals surface area contributed by atoms with Crippen molar-refractivity contribution >= 4 is 18.3 Å². The maximum absolute atomic E-state index is 12.5. The summed E-state index contributed by atoms with van der Waals surface area (Å²) in [7, 11) is 0. The summed E-state index contributed by atoms with van der Waals surface area (Å²) in [5, 5.41) is 3.34. The van der Waals surface area contributed by atoms with Gasteiger partial charge in [0.05, 0.1) is 5.92 Å². The molecule has 2 heterocycles. The molecule has 0 aromatic heterocycles. The molecule has 2 aliphatic heterocycles. The van der Waals surface area contributed by atoms with Gasteiger partial charge in [0.25, 0.3) is 0 Å². The lowest BCUT2D eigenvalue weighted by molar-refractivity contribution is -0.135. The number of carbonyl (C=O) groups is 1. The number of hydrogen-bond donors (Lipinski definition) is 1. The van der Waals surface area contributed by atoms with E-state index in [1.807, 2.05) is 0 Å². The molecule has 0 saturated carbocycles. The number of nitrogens with one attached hydrogen (secondary N) is 1. The van der Waals surface area contributed by atoms with Crippen LogP contribution in [0, 0.1) is 11.8 Å². The SMILES string of the molecule is Cl.O=C(C1CCCNC1)N1CCC(Cc2ccccc2)C1. The van der Waals surface area contributed by atoms with Crippen LogP contribution in [0.15, 0.2) is 30.3 Å². The number of carbonyl (C=O) groups excluding carboxylic acids is 1. The molecule has 0 aliphatic carbocycles. The van der Waals surface area contributed by atoms with Crippen LogP contribution in [-0.2, 0) is 11.2 Å². The molecule has 2 fully saturated rings. The fourth-order valence-electron chi connectivity index (χ4n) is 3.47. The molecule has 2 aliphatic rings. The van der Waals surface area contributed by atoms with Crippen LogP contribution in [0.3, 0.4) is 0 Å². The van der Waals surface area contributed by atoms with E-state index in [2.05, 4.69) is 40.5 Å². The van der Waals surface area contributed by atoms with Gasteiger partial charge >= 0.3 is 0 Å². The lowest BCUT2D eigenvalue weighted by Gasteiger charge is -2.27. The number of nitrogens with zero attached hydrogens (tertiary/aromatic N) is 1. The normalized spacial score (nSPS) is 25.4. The lowest BCUT2D eigenvalue weighted by Crippen LogP contribution is -2.42. The van der Waals surface area contributed by atoms with E-state index in [9.17, 15) is 4.79 Å². The third-order valence-electron chi connectivity index (χ3n) is 4.61. The Bertz CT molecular complexity index is 445. The summed E-state index contributed by atoms with van der Waals surface area (Å²) < 4.78 is 0. The second-order valence-corrected chi connectivity index (χ2v) is 6.17. The van der Waals surface area contributed by atoms with E-state index >= 15 is 0 Å². The highest BCUT2D eigenvalue weighted by Gasteiger charge is 2.31. The van der Waals surface area contributed by atoms with Gasteiger partial charge in [-0.1, -0.05) is 30.3 Å². The van der Waals surface area contributed by atoms with Gasteiger partial charge in [-0.3, -0.25) is 4.79 Å². The Morgan fingerprint density at radius 3 is 2.76 bits per heavy atom. The first-order valence-electron chi connectivity index (χ1n) is 7.86. The third kappa shape index (κ3) is 4.21. The van der Waals surface area contributed by atoms with E-state index in [0.29, 0.717) is 11.8 Å². The van der Waals surface area contributed by atoms with Gasteiger partial charge < -0.3 is 10.2 Å². The highest BCUT2D eigenvalue weighted by molar-refractivity contribution is 5.85. The second-order valence-electron chi connectivity index (χ2n) is 6.17. The van der Waals surface area contributed by atoms with Crippen LogP contribution >= 0.6 is 12.4 Å². The summed E-state index contributed by atoms with van der Waals surface area (Å²) in [6.07, 6.45) is 4.46. The average molecular weight is 309 g/mol. The fraction of sp³-hybridized carbons (Fsp3) is 0.588. The van der Waals surface area contributed by atoms with E-state index in [1.54, 1.807) is 0 Å². The lowest BCUT2D eigenvalue weighted by atomic mass is 9.97. The molecule has 1 N–H and O–H groups in total. The predicted octanol–water partition coefficient (Wildman–Crippen LogP) is 2.50. The minimum Gasteiger partial charge on any atom is -0.342 e. The number of amides is 1. The van der Waals surface area contributed by atoms with E-state index in [-0.39, 0.29) is 18.3 Å². The number of benzene rings is 1. The van der Waals surface area contributed by atoms with Crippen molar-refractivity contribution in [3.8, 4) is 0 Å². The standard InChI is InChI=1S/C17H24N2O.ClH/c20-17(16-7-4-9-18-12-16)19-10-8-15(13-19)11-14-5-2-1-3-6-14;/h1-3,5-6,15-16,18H,4,7-13H2;1H. The van der Waals surface area contributed by atoms with Gasteiger partial charge in [0.15, 0.2) is 0 Å². The van der Waals surface area contributed by atoms with Crippen molar-refractivity contribution in [2.45, 2.75) is 25.7 Å². The van der Waals surface area contributed by atoms with E-state index in [0.717, 1.165) is 51.9 Å². The van der Waals surface area contributed by atoms with Crippen molar-refractivity contribution in [3.05, 3.63) is 35.9 Å². The number of rotatable bonds is 3. The number of hydrogen-bond acceptors (Lipinski definition) is 2. The van der Waals surface area contributed by atoms with Crippen molar-refractivity contribution < 1.29 is 4.79 Å². The van der Waals surface area contributed by atoms with Crippen molar-refractivity contribution in [2.24, 2.45) is 11.8 Å². The molecule has 116 valence electrons. The van der Waals surface area contributed by atoms with Gasteiger partial charge in [0.2, 0.25) is 5.91 Å². The summed E-state index contributed by atoms with van der Waals surface area (Å²) in [4.78, 5) is 14.6. The summed E-state index contributed by atoms with van der Waals surface area (Å²) in [5.41, 5.74) is 1.39. The van der Waals surface area contributed by atoms with Crippen molar-refractivity contribution in [3.63, 3.8) is 0 Å². The highest BCUT2D eigenvalue weighted by Crippen LogP contribution is 2.23.